The lowest BCUT2D eigenvalue weighted by atomic mass is 10.1. The summed E-state index contributed by atoms with van der Waals surface area (Å²) in [6, 6.07) is 0.578. The van der Waals surface area contributed by atoms with Gasteiger partial charge in [0, 0.05) is 12.6 Å². The smallest absolute Gasteiger partial charge is 0.0215 e. The lowest BCUT2D eigenvalue weighted by Crippen LogP contribution is -2.39. The molecule has 3 heteroatoms. The average Bonchev–Trinajstić information content (AvgIpc) is 2.23. The molecule has 0 aliphatic rings. The summed E-state index contributed by atoms with van der Waals surface area (Å²) >= 11 is 0. The molecule has 0 aromatic carbocycles. The number of nitrogens with two attached hydrogens (primary N) is 1. The molecule has 1 atom stereocenters. The van der Waals surface area contributed by atoms with Crippen molar-refractivity contribution in [3.05, 3.63) is 0 Å². The predicted octanol–water partition coefficient (Wildman–Crippen LogP) is 1.78. The Morgan fingerprint density at radius 2 is 1.69 bits per heavy atom. The van der Waals surface area contributed by atoms with Crippen LogP contribution in [0.5, 0.6) is 0 Å². The van der Waals surface area contributed by atoms with Gasteiger partial charge in [-0.2, -0.15) is 0 Å². The molecule has 3 nitrogen and oxygen atoms in total. The number of hydrogen-bond donors (Lipinski definition) is 1. The molecular weight excluding hydrogens is 198 g/mol. The average molecular weight is 229 g/mol. The van der Waals surface area contributed by atoms with Crippen LogP contribution < -0.4 is 5.73 Å². The summed E-state index contributed by atoms with van der Waals surface area (Å²) in [5.41, 5.74) is 5.84. The molecule has 0 saturated carbocycles. The SMILES string of the molecule is CCCCCC(CN)N(C)CCCN(C)C. The van der Waals surface area contributed by atoms with Crippen LogP contribution in [0.25, 0.3) is 0 Å². The highest BCUT2D eigenvalue weighted by molar-refractivity contribution is 4.70. The maximum Gasteiger partial charge on any atom is 0.0215 e. The van der Waals surface area contributed by atoms with Crippen molar-refractivity contribution < 1.29 is 0 Å². The van der Waals surface area contributed by atoms with Crippen LogP contribution in [0.2, 0.25) is 0 Å². The minimum atomic E-state index is 0.578. The summed E-state index contributed by atoms with van der Waals surface area (Å²) in [6.07, 6.45) is 6.43. The van der Waals surface area contributed by atoms with E-state index in [2.05, 4.69) is 37.9 Å². The molecule has 1 unspecified atom stereocenters. The van der Waals surface area contributed by atoms with Gasteiger partial charge < -0.3 is 15.5 Å². The van der Waals surface area contributed by atoms with Gasteiger partial charge in [0.25, 0.3) is 0 Å². The highest BCUT2D eigenvalue weighted by atomic mass is 15.1. The van der Waals surface area contributed by atoms with Crippen LogP contribution in [0.15, 0.2) is 0 Å². The van der Waals surface area contributed by atoms with Crippen molar-refractivity contribution in [3.63, 3.8) is 0 Å². The summed E-state index contributed by atoms with van der Waals surface area (Å²) in [5.74, 6) is 0. The van der Waals surface area contributed by atoms with Gasteiger partial charge in [-0.05, 0) is 47.1 Å². The molecule has 0 aromatic heterocycles. The Morgan fingerprint density at radius 3 is 2.19 bits per heavy atom. The molecule has 0 bridgehead atoms. The summed E-state index contributed by atoms with van der Waals surface area (Å²) in [5, 5.41) is 0. The number of unbranched alkanes of at least 4 members (excludes halogenated alkanes) is 2. The third-order valence-corrected chi connectivity index (χ3v) is 3.15. The molecule has 0 spiro atoms. The van der Waals surface area contributed by atoms with E-state index in [1.54, 1.807) is 0 Å². The normalized spacial score (nSPS) is 13.7. The summed E-state index contributed by atoms with van der Waals surface area (Å²) < 4.78 is 0. The largest absolute Gasteiger partial charge is 0.329 e. The van der Waals surface area contributed by atoms with Gasteiger partial charge >= 0.3 is 0 Å². The first-order valence-corrected chi connectivity index (χ1v) is 6.66. The maximum atomic E-state index is 5.84. The molecule has 0 saturated heterocycles. The molecule has 0 heterocycles. The predicted molar refractivity (Wildman–Crippen MR) is 72.8 cm³/mol. The first kappa shape index (κ1) is 15.9. The van der Waals surface area contributed by atoms with Crippen molar-refractivity contribution >= 4 is 0 Å². The molecule has 0 rings (SSSR count). The van der Waals surface area contributed by atoms with Gasteiger partial charge in [-0.1, -0.05) is 26.2 Å². The van der Waals surface area contributed by atoms with Crippen molar-refractivity contribution in [1.29, 1.82) is 0 Å². The molecule has 16 heavy (non-hydrogen) atoms. The van der Waals surface area contributed by atoms with Crippen molar-refractivity contribution in [2.75, 3.05) is 40.8 Å². The van der Waals surface area contributed by atoms with Gasteiger partial charge in [0.15, 0.2) is 0 Å². The quantitative estimate of drug-likeness (QED) is 0.580. The van der Waals surface area contributed by atoms with Gasteiger partial charge in [0.2, 0.25) is 0 Å². The Balaban J connectivity index is 3.68. The molecular formula is C13H31N3. The van der Waals surface area contributed by atoms with Crippen LogP contribution in [-0.2, 0) is 0 Å². The molecule has 0 fully saturated rings. The zero-order chi connectivity index (χ0) is 12.4. The second-order valence-corrected chi connectivity index (χ2v) is 5.02. The Labute approximate surface area is 102 Å². The molecule has 0 amide bonds. The Bertz CT molecular complexity index is 148. The number of likely N-dealkylation sites (N-methyl/N-ethyl adjacent to an activating group) is 1. The van der Waals surface area contributed by atoms with Gasteiger partial charge in [-0.3, -0.25) is 0 Å². The topological polar surface area (TPSA) is 32.5 Å². The van der Waals surface area contributed by atoms with Gasteiger partial charge in [-0.15, -0.1) is 0 Å². The van der Waals surface area contributed by atoms with E-state index >= 15 is 0 Å². The molecule has 0 aliphatic carbocycles. The third-order valence-electron chi connectivity index (χ3n) is 3.15. The van der Waals surface area contributed by atoms with E-state index in [-0.39, 0.29) is 0 Å². The fraction of sp³-hybridized carbons (Fsp3) is 1.00. The first-order chi connectivity index (χ1) is 7.61. The second kappa shape index (κ2) is 10.1. The van der Waals surface area contributed by atoms with E-state index in [9.17, 15) is 0 Å². The van der Waals surface area contributed by atoms with Crippen LogP contribution in [0.1, 0.15) is 39.0 Å². The fourth-order valence-corrected chi connectivity index (χ4v) is 1.97. The number of nitrogens with zero attached hydrogens (tertiary/aromatic N) is 2. The van der Waals surface area contributed by atoms with Crippen molar-refractivity contribution in [2.24, 2.45) is 5.73 Å². The van der Waals surface area contributed by atoms with Crippen LogP contribution in [0.3, 0.4) is 0 Å². The Kier molecular flexibility index (Phi) is 9.99. The highest BCUT2D eigenvalue weighted by Gasteiger charge is 2.11. The zero-order valence-electron chi connectivity index (χ0n) is 11.7. The van der Waals surface area contributed by atoms with Crippen molar-refractivity contribution in [2.45, 2.75) is 45.1 Å². The lowest BCUT2D eigenvalue weighted by molar-refractivity contribution is 0.219. The number of hydrogen-bond acceptors (Lipinski definition) is 3. The highest BCUT2D eigenvalue weighted by Crippen LogP contribution is 2.08. The Hall–Kier alpha value is -0.120. The number of rotatable bonds is 10. The lowest BCUT2D eigenvalue weighted by Gasteiger charge is -2.27. The van der Waals surface area contributed by atoms with Crippen LogP contribution in [0, 0.1) is 0 Å². The van der Waals surface area contributed by atoms with Crippen molar-refractivity contribution in [3.8, 4) is 0 Å². The second-order valence-electron chi connectivity index (χ2n) is 5.02. The Morgan fingerprint density at radius 1 is 1.00 bits per heavy atom. The van der Waals surface area contributed by atoms with Crippen LogP contribution in [0.4, 0.5) is 0 Å². The first-order valence-electron chi connectivity index (χ1n) is 6.66. The van der Waals surface area contributed by atoms with E-state index in [4.69, 9.17) is 5.73 Å². The summed E-state index contributed by atoms with van der Waals surface area (Å²) in [7, 11) is 6.46. The molecule has 0 radical (unpaired) electrons. The minimum absolute atomic E-state index is 0.578. The summed E-state index contributed by atoms with van der Waals surface area (Å²) in [6.45, 7) is 5.36. The summed E-state index contributed by atoms with van der Waals surface area (Å²) in [4.78, 5) is 4.67. The van der Waals surface area contributed by atoms with Crippen LogP contribution in [-0.4, -0.2) is 56.6 Å². The monoisotopic (exact) mass is 229 g/mol. The third kappa shape index (κ3) is 8.08. The fourth-order valence-electron chi connectivity index (χ4n) is 1.97. The molecule has 0 aliphatic heterocycles. The zero-order valence-corrected chi connectivity index (χ0v) is 11.7. The van der Waals surface area contributed by atoms with Gasteiger partial charge in [-0.25, -0.2) is 0 Å². The molecule has 2 N–H and O–H groups in total. The van der Waals surface area contributed by atoms with E-state index in [0.29, 0.717) is 6.04 Å². The van der Waals surface area contributed by atoms with E-state index in [1.807, 2.05) is 0 Å². The standard InChI is InChI=1S/C13H31N3/c1-5-6-7-9-13(12-14)16(4)11-8-10-15(2)3/h13H,5-12,14H2,1-4H3. The minimum Gasteiger partial charge on any atom is -0.329 e. The van der Waals surface area contributed by atoms with E-state index in [1.165, 1.54) is 32.1 Å². The van der Waals surface area contributed by atoms with Crippen molar-refractivity contribution in [1.82, 2.24) is 9.80 Å². The van der Waals surface area contributed by atoms with E-state index < -0.39 is 0 Å². The van der Waals surface area contributed by atoms with E-state index in [0.717, 1.165) is 19.6 Å². The van der Waals surface area contributed by atoms with Gasteiger partial charge in [0.1, 0.15) is 0 Å². The molecule has 0 aromatic rings. The van der Waals surface area contributed by atoms with Crippen LogP contribution >= 0.6 is 0 Å². The molecule has 98 valence electrons. The maximum absolute atomic E-state index is 5.84. The van der Waals surface area contributed by atoms with Gasteiger partial charge in [0.05, 0.1) is 0 Å².